The van der Waals surface area contributed by atoms with Crippen LogP contribution in [0.3, 0.4) is 0 Å². The molecule has 9 nitrogen and oxygen atoms in total. The summed E-state index contributed by atoms with van der Waals surface area (Å²) < 4.78 is 26.0. The highest BCUT2D eigenvalue weighted by Crippen LogP contribution is 2.26. The van der Waals surface area contributed by atoms with E-state index in [2.05, 4.69) is 10.0 Å². The van der Waals surface area contributed by atoms with E-state index in [4.69, 9.17) is 5.73 Å². The van der Waals surface area contributed by atoms with Crippen molar-refractivity contribution >= 4 is 27.3 Å². The van der Waals surface area contributed by atoms with Gasteiger partial charge in [0.15, 0.2) is 0 Å². The minimum absolute atomic E-state index is 0.0459. The van der Waals surface area contributed by atoms with Gasteiger partial charge < -0.3 is 11.1 Å². The van der Waals surface area contributed by atoms with E-state index < -0.39 is 26.9 Å². The predicted octanol–water partition coefficient (Wildman–Crippen LogP) is -0.211. The molecule has 1 aromatic rings. The van der Waals surface area contributed by atoms with Crippen molar-refractivity contribution in [2.45, 2.75) is 17.9 Å². The van der Waals surface area contributed by atoms with E-state index in [0.29, 0.717) is 0 Å². The fourth-order valence-corrected chi connectivity index (χ4v) is 2.64. The second-order valence-corrected chi connectivity index (χ2v) is 5.65. The van der Waals surface area contributed by atoms with Gasteiger partial charge in [0.1, 0.15) is 5.69 Å². The van der Waals surface area contributed by atoms with Crippen LogP contribution in [0.2, 0.25) is 0 Å². The number of carbonyl (C=O) groups is 1. The maximum absolute atomic E-state index is 12.0. The molecule has 0 saturated heterocycles. The molecule has 0 aliphatic carbocycles. The molecule has 4 N–H and O–H groups in total. The molecule has 0 saturated carbocycles. The first-order valence-corrected chi connectivity index (χ1v) is 6.95. The lowest BCUT2D eigenvalue weighted by atomic mass is 10.3. The number of amides is 1. The van der Waals surface area contributed by atoms with Gasteiger partial charge in [-0.15, -0.1) is 0 Å². The van der Waals surface area contributed by atoms with Gasteiger partial charge in [0.05, 0.1) is 15.9 Å². The smallest absolute Gasteiger partial charge is 0.292 e. The van der Waals surface area contributed by atoms with Crippen LogP contribution >= 0.6 is 0 Å². The number of sulfonamides is 1. The minimum Gasteiger partial charge on any atom is -0.383 e. The van der Waals surface area contributed by atoms with E-state index in [0.717, 1.165) is 18.2 Å². The van der Waals surface area contributed by atoms with Crippen LogP contribution in [0.15, 0.2) is 23.1 Å². The van der Waals surface area contributed by atoms with Gasteiger partial charge in [-0.3, -0.25) is 14.9 Å². The number of carbonyl (C=O) groups excluding carboxylic acids is 1. The summed E-state index contributed by atoms with van der Waals surface area (Å²) in [6.07, 6.45) is 0. The van der Waals surface area contributed by atoms with Crippen LogP contribution in [0, 0.1) is 10.1 Å². The van der Waals surface area contributed by atoms with Gasteiger partial charge >= 0.3 is 0 Å². The second kappa shape index (κ2) is 5.84. The topological polar surface area (TPSA) is 144 Å². The molecular weight excluding hydrogens is 288 g/mol. The molecule has 0 spiro atoms. The summed E-state index contributed by atoms with van der Waals surface area (Å²) in [7, 11) is -2.56. The van der Waals surface area contributed by atoms with E-state index in [1.165, 1.54) is 14.0 Å². The number of nitrogens with zero attached hydrogens (tertiary/aromatic N) is 1. The Morgan fingerprint density at radius 3 is 2.50 bits per heavy atom. The van der Waals surface area contributed by atoms with E-state index in [1.807, 2.05) is 0 Å². The van der Waals surface area contributed by atoms with Crippen molar-refractivity contribution in [2.75, 3.05) is 12.4 Å². The van der Waals surface area contributed by atoms with Crippen LogP contribution in [0.25, 0.3) is 0 Å². The number of nitrogens with two attached hydrogens (primary N) is 1. The SMILES string of the molecule is CNc1cc(S(=O)(=O)NC(C)C(N)=O)ccc1[N+](=O)[O-]. The molecule has 1 amide bonds. The molecule has 110 valence electrons. The Balaban J connectivity index is 3.20. The van der Waals surface area contributed by atoms with Crippen molar-refractivity contribution < 1.29 is 18.1 Å². The van der Waals surface area contributed by atoms with Crippen LogP contribution < -0.4 is 15.8 Å². The normalized spacial score (nSPS) is 12.7. The molecule has 0 heterocycles. The summed E-state index contributed by atoms with van der Waals surface area (Å²) in [5.41, 5.74) is 4.76. The number of nitrogens with one attached hydrogen (secondary N) is 2. The van der Waals surface area contributed by atoms with E-state index in [1.54, 1.807) is 0 Å². The number of benzene rings is 1. The van der Waals surface area contributed by atoms with Crippen LogP contribution in [-0.2, 0) is 14.8 Å². The van der Waals surface area contributed by atoms with E-state index >= 15 is 0 Å². The summed E-state index contributed by atoms with van der Waals surface area (Å²) in [6.45, 7) is 1.30. The third-order valence-corrected chi connectivity index (χ3v) is 4.04. The van der Waals surface area contributed by atoms with Gasteiger partial charge in [0.25, 0.3) is 5.69 Å². The average Bonchev–Trinajstić information content (AvgIpc) is 2.37. The van der Waals surface area contributed by atoms with Crippen molar-refractivity contribution in [3.8, 4) is 0 Å². The number of anilines is 1. The molecule has 1 aromatic carbocycles. The Labute approximate surface area is 115 Å². The molecule has 20 heavy (non-hydrogen) atoms. The van der Waals surface area contributed by atoms with Crippen LogP contribution in [0.4, 0.5) is 11.4 Å². The molecule has 1 atom stereocenters. The Morgan fingerprint density at radius 1 is 1.45 bits per heavy atom. The molecular formula is C10H14N4O5S. The molecule has 0 aliphatic rings. The minimum atomic E-state index is -3.99. The lowest BCUT2D eigenvalue weighted by Gasteiger charge is -2.12. The number of hydrogen-bond donors (Lipinski definition) is 3. The standard InChI is InChI=1S/C10H14N4O5S/c1-6(10(11)15)13-20(18,19)7-3-4-9(14(16)17)8(5-7)12-2/h3-6,12-13H,1-2H3,(H2,11,15). The van der Waals surface area contributed by atoms with Gasteiger partial charge in [-0.05, 0) is 19.1 Å². The van der Waals surface area contributed by atoms with Gasteiger partial charge in [-0.25, -0.2) is 8.42 Å². The summed E-state index contributed by atoms with van der Waals surface area (Å²) in [6, 6.07) is 2.16. The van der Waals surface area contributed by atoms with E-state index in [-0.39, 0.29) is 16.3 Å². The number of primary amides is 1. The fraction of sp³-hybridized carbons (Fsp3) is 0.300. The fourth-order valence-electron chi connectivity index (χ4n) is 1.40. The van der Waals surface area contributed by atoms with Gasteiger partial charge in [0.2, 0.25) is 15.9 Å². The molecule has 0 fully saturated rings. The highest BCUT2D eigenvalue weighted by molar-refractivity contribution is 7.89. The molecule has 1 unspecified atom stereocenters. The Morgan fingerprint density at radius 2 is 2.05 bits per heavy atom. The van der Waals surface area contributed by atoms with Crippen molar-refractivity contribution in [3.05, 3.63) is 28.3 Å². The monoisotopic (exact) mass is 302 g/mol. The largest absolute Gasteiger partial charge is 0.383 e. The molecule has 1 rings (SSSR count). The summed E-state index contributed by atoms with van der Waals surface area (Å²) in [5, 5.41) is 13.3. The van der Waals surface area contributed by atoms with Crippen molar-refractivity contribution in [2.24, 2.45) is 5.73 Å². The van der Waals surface area contributed by atoms with Crippen molar-refractivity contribution in [1.82, 2.24) is 4.72 Å². The molecule has 0 aromatic heterocycles. The lowest BCUT2D eigenvalue weighted by molar-refractivity contribution is -0.384. The average molecular weight is 302 g/mol. The Hall–Kier alpha value is -2.20. The highest BCUT2D eigenvalue weighted by atomic mass is 32.2. The highest BCUT2D eigenvalue weighted by Gasteiger charge is 2.23. The van der Waals surface area contributed by atoms with Crippen LogP contribution in [0.1, 0.15) is 6.92 Å². The molecule has 0 bridgehead atoms. The third kappa shape index (κ3) is 3.42. The Kier molecular flexibility index (Phi) is 4.63. The number of hydrogen-bond acceptors (Lipinski definition) is 6. The summed E-state index contributed by atoms with van der Waals surface area (Å²) in [5.74, 6) is -0.829. The zero-order valence-electron chi connectivity index (χ0n) is 10.8. The number of nitro groups is 1. The number of rotatable bonds is 6. The van der Waals surface area contributed by atoms with Gasteiger partial charge in [-0.1, -0.05) is 0 Å². The predicted molar refractivity (Wildman–Crippen MR) is 71.6 cm³/mol. The first-order chi connectivity index (χ1) is 9.19. The lowest BCUT2D eigenvalue weighted by Crippen LogP contribution is -2.42. The summed E-state index contributed by atoms with van der Waals surface area (Å²) in [4.78, 5) is 20.8. The molecule has 10 heteroatoms. The maximum Gasteiger partial charge on any atom is 0.292 e. The maximum atomic E-state index is 12.0. The van der Waals surface area contributed by atoms with E-state index in [9.17, 15) is 23.3 Å². The zero-order valence-corrected chi connectivity index (χ0v) is 11.6. The molecule has 0 aliphatic heterocycles. The quantitative estimate of drug-likeness (QED) is 0.489. The zero-order chi connectivity index (χ0) is 15.5. The van der Waals surface area contributed by atoms with Crippen molar-refractivity contribution in [1.29, 1.82) is 0 Å². The summed E-state index contributed by atoms with van der Waals surface area (Å²) >= 11 is 0. The number of nitro benzene ring substituents is 1. The third-order valence-electron chi connectivity index (χ3n) is 2.50. The first kappa shape index (κ1) is 15.9. The van der Waals surface area contributed by atoms with Crippen LogP contribution in [0.5, 0.6) is 0 Å². The Bertz CT molecular complexity index is 643. The molecule has 0 radical (unpaired) electrons. The second-order valence-electron chi connectivity index (χ2n) is 3.93. The van der Waals surface area contributed by atoms with Crippen LogP contribution in [-0.4, -0.2) is 32.3 Å². The van der Waals surface area contributed by atoms with Gasteiger partial charge in [0, 0.05) is 13.1 Å². The first-order valence-electron chi connectivity index (χ1n) is 5.47. The van der Waals surface area contributed by atoms with Crippen molar-refractivity contribution in [3.63, 3.8) is 0 Å². The van der Waals surface area contributed by atoms with Gasteiger partial charge in [-0.2, -0.15) is 4.72 Å².